The van der Waals surface area contributed by atoms with Crippen molar-refractivity contribution in [2.24, 2.45) is 0 Å². The zero-order chi connectivity index (χ0) is 17.9. The molecule has 0 fully saturated rings. The Morgan fingerprint density at radius 2 is 1.12 bits per heavy atom. The second-order valence-electron chi connectivity index (χ2n) is 6.39. The van der Waals surface area contributed by atoms with E-state index in [1.54, 1.807) is 6.92 Å². The number of carbonyl (C=O) groups excluding carboxylic acids is 2. The lowest BCUT2D eigenvalue weighted by atomic mass is 10.0. The van der Waals surface area contributed by atoms with Crippen molar-refractivity contribution in [1.29, 1.82) is 0 Å². The second kappa shape index (κ2) is 18.1. The van der Waals surface area contributed by atoms with E-state index in [0.717, 1.165) is 12.8 Å². The van der Waals surface area contributed by atoms with Gasteiger partial charge in [-0.15, -0.1) is 0 Å². The fourth-order valence-corrected chi connectivity index (χ4v) is 2.65. The van der Waals surface area contributed by atoms with Crippen molar-refractivity contribution in [2.45, 2.75) is 104 Å². The first-order valence-corrected chi connectivity index (χ1v) is 9.92. The lowest BCUT2D eigenvalue weighted by Crippen LogP contribution is -2.41. The summed E-state index contributed by atoms with van der Waals surface area (Å²) < 4.78 is 4.65. The highest BCUT2D eigenvalue weighted by molar-refractivity contribution is 5.78. The molecule has 0 aromatic heterocycles. The number of rotatable bonds is 15. The summed E-state index contributed by atoms with van der Waals surface area (Å²) in [5.74, 6) is -0.161. The molecule has 142 valence electrons. The van der Waals surface area contributed by atoms with E-state index in [1.165, 1.54) is 70.6 Å². The fraction of sp³-hybridized carbons (Fsp3) is 0.895. The van der Waals surface area contributed by atoms with Crippen LogP contribution in [0.3, 0.4) is 0 Å². The number of hydrazine groups is 1. The van der Waals surface area contributed by atoms with Crippen LogP contribution >= 0.6 is 0 Å². The average Bonchev–Trinajstić information content (AvgIpc) is 2.57. The normalized spacial score (nSPS) is 10.4. The monoisotopic (exact) mass is 342 g/mol. The molecule has 0 atom stereocenters. The summed E-state index contributed by atoms with van der Waals surface area (Å²) in [4.78, 5) is 22.5. The summed E-state index contributed by atoms with van der Waals surface area (Å²) in [7, 11) is 0. The predicted molar refractivity (Wildman–Crippen MR) is 98.6 cm³/mol. The summed E-state index contributed by atoms with van der Waals surface area (Å²) in [5, 5.41) is 0. The number of carbonyl (C=O) groups is 2. The van der Waals surface area contributed by atoms with Gasteiger partial charge in [-0.1, -0.05) is 84.0 Å². The van der Waals surface area contributed by atoms with Crippen LogP contribution in [0.2, 0.25) is 0 Å². The van der Waals surface area contributed by atoms with Crippen molar-refractivity contribution >= 4 is 12.0 Å². The van der Waals surface area contributed by atoms with Gasteiger partial charge in [0.05, 0.1) is 6.61 Å². The molecule has 0 aromatic rings. The van der Waals surface area contributed by atoms with Gasteiger partial charge < -0.3 is 4.74 Å². The van der Waals surface area contributed by atoms with Crippen LogP contribution in [0.5, 0.6) is 0 Å². The number of amides is 2. The van der Waals surface area contributed by atoms with Gasteiger partial charge in [0.25, 0.3) is 0 Å². The van der Waals surface area contributed by atoms with E-state index in [2.05, 4.69) is 22.5 Å². The molecule has 0 saturated heterocycles. The lowest BCUT2D eigenvalue weighted by molar-refractivity contribution is -0.122. The fourth-order valence-electron chi connectivity index (χ4n) is 2.65. The predicted octanol–water partition coefficient (Wildman–Crippen LogP) is 5.25. The Morgan fingerprint density at radius 1 is 0.667 bits per heavy atom. The summed E-state index contributed by atoms with van der Waals surface area (Å²) in [6, 6.07) is 0. The Kier molecular flexibility index (Phi) is 17.1. The Hall–Kier alpha value is -1.26. The topological polar surface area (TPSA) is 67.4 Å². The minimum absolute atomic E-state index is 0.161. The molecule has 0 aliphatic heterocycles. The highest BCUT2D eigenvalue weighted by Gasteiger charge is 2.04. The summed E-state index contributed by atoms with van der Waals surface area (Å²) in [5.41, 5.74) is 4.57. The lowest BCUT2D eigenvalue weighted by Gasteiger charge is -2.07. The quantitative estimate of drug-likeness (QED) is 0.316. The third-order valence-electron chi connectivity index (χ3n) is 4.09. The van der Waals surface area contributed by atoms with Crippen LogP contribution in [0.15, 0.2) is 0 Å². The number of nitrogens with one attached hydrogen (secondary N) is 2. The smallest absolute Gasteiger partial charge is 0.426 e. The van der Waals surface area contributed by atoms with Gasteiger partial charge in [-0.2, -0.15) is 0 Å². The van der Waals surface area contributed by atoms with Gasteiger partial charge in [0.1, 0.15) is 0 Å². The Balaban J connectivity index is 3.19. The molecule has 0 spiro atoms. The molecule has 5 nitrogen and oxygen atoms in total. The van der Waals surface area contributed by atoms with E-state index < -0.39 is 6.09 Å². The number of unbranched alkanes of at least 4 members (excludes halogenated alkanes) is 12. The number of hydrogen-bond acceptors (Lipinski definition) is 3. The van der Waals surface area contributed by atoms with Gasteiger partial charge in [0.15, 0.2) is 0 Å². The van der Waals surface area contributed by atoms with Crippen molar-refractivity contribution in [3.63, 3.8) is 0 Å². The molecular weight excluding hydrogens is 304 g/mol. The maximum atomic E-state index is 11.5. The molecule has 0 unspecified atom stereocenters. The molecule has 0 aliphatic carbocycles. The Morgan fingerprint density at radius 3 is 1.58 bits per heavy atom. The van der Waals surface area contributed by atoms with Crippen LogP contribution in [0.25, 0.3) is 0 Å². The first-order chi connectivity index (χ1) is 11.7. The maximum Gasteiger partial charge on any atom is 0.426 e. The van der Waals surface area contributed by atoms with E-state index >= 15 is 0 Å². The molecule has 0 radical (unpaired) electrons. The Labute approximate surface area is 148 Å². The first kappa shape index (κ1) is 22.7. The van der Waals surface area contributed by atoms with Gasteiger partial charge in [0.2, 0.25) is 5.91 Å². The summed E-state index contributed by atoms with van der Waals surface area (Å²) >= 11 is 0. The maximum absolute atomic E-state index is 11.5. The van der Waals surface area contributed by atoms with Crippen LogP contribution < -0.4 is 10.9 Å². The van der Waals surface area contributed by atoms with Crippen LogP contribution in [0.1, 0.15) is 104 Å². The average molecular weight is 343 g/mol. The van der Waals surface area contributed by atoms with E-state index in [-0.39, 0.29) is 5.91 Å². The van der Waals surface area contributed by atoms with Crippen LogP contribution in [-0.2, 0) is 9.53 Å². The highest BCUT2D eigenvalue weighted by atomic mass is 16.5. The van der Waals surface area contributed by atoms with Crippen LogP contribution in [0.4, 0.5) is 4.79 Å². The minimum Gasteiger partial charge on any atom is -0.449 e. The zero-order valence-electron chi connectivity index (χ0n) is 15.8. The standard InChI is InChI=1S/C19H38N2O3/c1-3-5-6-7-8-9-10-11-12-13-14-15-16-17-18(22)20-21-19(23)24-4-2/h3-17H2,1-2H3,(H,20,22)(H,21,23). The minimum atomic E-state index is -0.615. The molecule has 0 rings (SSSR count). The van der Waals surface area contributed by atoms with E-state index in [4.69, 9.17) is 0 Å². The molecule has 24 heavy (non-hydrogen) atoms. The highest BCUT2D eigenvalue weighted by Crippen LogP contribution is 2.12. The van der Waals surface area contributed by atoms with Crippen molar-refractivity contribution in [2.75, 3.05) is 6.61 Å². The van der Waals surface area contributed by atoms with Crippen molar-refractivity contribution < 1.29 is 14.3 Å². The SMILES string of the molecule is CCCCCCCCCCCCCCCC(=O)NNC(=O)OCC. The largest absolute Gasteiger partial charge is 0.449 e. The Bertz CT molecular complexity index is 309. The van der Waals surface area contributed by atoms with Crippen molar-refractivity contribution in [3.8, 4) is 0 Å². The van der Waals surface area contributed by atoms with Gasteiger partial charge >= 0.3 is 6.09 Å². The van der Waals surface area contributed by atoms with Gasteiger partial charge in [-0.05, 0) is 13.3 Å². The molecule has 2 amide bonds. The number of hydrogen-bond donors (Lipinski definition) is 2. The van der Waals surface area contributed by atoms with Crippen molar-refractivity contribution in [1.82, 2.24) is 10.9 Å². The van der Waals surface area contributed by atoms with Crippen LogP contribution in [-0.4, -0.2) is 18.6 Å². The van der Waals surface area contributed by atoms with E-state index in [1.807, 2.05) is 0 Å². The molecule has 2 N–H and O–H groups in total. The van der Waals surface area contributed by atoms with E-state index in [0.29, 0.717) is 13.0 Å². The zero-order valence-corrected chi connectivity index (χ0v) is 15.8. The molecular formula is C19H38N2O3. The molecule has 0 heterocycles. The third-order valence-corrected chi connectivity index (χ3v) is 4.09. The first-order valence-electron chi connectivity index (χ1n) is 9.92. The summed E-state index contributed by atoms with van der Waals surface area (Å²) in [6.07, 6.45) is 16.6. The molecule has 0 bridgehead atoms. The molecule has 5 heteroatoms. The summed E-state index contributed by atoms with van der Waals surface area (Å²) in [6.45, 7) is 4.27. The van der Waals surface area contributed by atoms with Gasteiger partial charge in [0, 0.05) is 6.42 Å². The molecule has 0 aromatic carbocycles. The third kappa shape index (κ3) is 17.1. The second-order valence-corrected chi connectivity index (χ2v) is 6.39. The molecule has 0 aliphatic rings. The van der Waals surface area contributed by atoms with Gasteiger partial charge in [-0.25, -0.2) is 10.2 Å². The van der Waals surface area contributed by atoms with E-state index in [9.17, 15) is 9.59 Å². The van der Waals surface area contributed by atoms with Gasteiger partial charge in [-0.3, -0.25) is 10.2 Å². The van der Waals surface area contributed by atoms with Crippen molar-refractivity contribution in [3.05, 3.63) is 0 Å². The number of ether oxygens (including phenoxy) is 1. The van der Waals surface area contributed by atoms with Crippen LogP contribution in [0, 0.1) is 0 Å². The molecule has 0 saturated carbocycles.